The Kier molecular flexibility index (Phi) is 4.79. The van der Waals surface area contributed by atoms with Crippen molar-refractivity contribution in [3.8, 4) is 0 Å². The van der Waals surface area contributed by atoms with Crippen LogP contribution in [0.1, 0.15) is 6.42 Å². The topological polar surface area (TPSA) is 122 Å². The molecule has 2 rings (SSSR count). The Bertz CT molecular complexity index is 732. The molecule has 0 saturated carbocycles. The molecule has 0 N–H and O–H groups in total. The number of esters is 1. The Morgan fingerprint density at radius 3 is 2.57 bits per heavy atom. The third kappa shape index (κ3) is 2.61. The number of azide groups is 1. The summed E-state index contributed by atoms with van der Waals surface area (Å²) in [7, 11) is -1.75. The molecule has 1 saturated heterocycles. The third-order valence-corrected chi connectivity index (χ3v) is 6.11. The van der Waals surface area contributed by atoms with E-state index >= 15 is 0 Å². The quantitative estimate of drug-likeness (QED) is 0.344. The molecule has 23 heavy (non-hydrogen) atoms. The molecule has 1 aliphatic rings. The van der Waals surface area contributed by atoms with Crippen LogP contribution in [0.2, 0.25) is 0 Å². The van der Waals surface area contributed by atoms with E-state index in [2.05, 4.69) is 10.1 Å². The van der Waals surface area contributed by atoms with Crippen molar-refractivity contribution in [2.45, 2.75) is 22.3 Å². The van der Waals surface area contributed by atoms with E-state index in [1.165, 1.54) is 19.2 Å². The molecular formula is C13H16N4O5S. The number of sulfone groups is 1. The van der Waals surface area contributed by atoms with Crippen LogP contribution in [0.4, 0.5) is 0 Å². The van der Waals surface area contributed by atoms with E-state index in [4.69, 9.17) is 15.0 Å². The fraction of sp³-hybridized carbons (Fsp3) is 0.462. The summed E-state index contributed by atoms with van der Waals surface area (Å²) in [6.45, 7) is -0.0400. The Labute approximate surface area is 133 Å². The summed E-state index contributed by atoms with van der Waals surface area (Å²) < 4.78 is 36.1. The minimum Gasteiger partial charge on any atom is -0.465 e. The normalized spacial score (nSPS) is 24.1. The van der Waals surface area contributed by atoms with E-state index in [1.807, 2.05) is 0 Å². The Morgan fingerprint density at radius 1 is 1.39 bits per heavy atom. The van der Waals surface area contributed by atoms with Gasteiger partial charge in [0.25, 0.3) is 0 Å². The summed E-state index contributed by atoms with van der Waals surface area (Å²) in [5, 5.41) is 4.27. The van der Waals surface area contributed by atoms with Gasteiger partial charge in [0.05, 0.1) is 12.0 Å². The van der Waals surface area contributed by atoms with Crippen LogP contribution in [0.25, 0.3) is 10.4 Å². The number of methoxy groups -OCH3 is 2. The number of benzene rings is 1. The highest BCUT2D eigenvalue weighted by Gasteiger charge is 2.66. The number of rotatable bonds is 5. The van der Waals surface area contributed by atoms with E-state index in [0.29, 0.717) is 0 Å². The van der Waals surface area contributed by atoms with Gasteiger partial charge in [0.15, 0.2) is 0 Å². The SMILES string of the molecule is COC(=O)[C@]1(S(=O)(=O)c2ccccc2)C[C@H](OC)CN1N=[N+]=[N-]. The molecule has 0 bridgehead atoms. The molecule has 1 aromatic rings. The first kappa shape index (κ1) is 17.1. The molecule has 0 unspecified atom stereocenters. The lowest BCUT2D eigenvalue weighted by Crippen LogP contribution is -2.54. The minimum absolute atomic E-state index is 0.0400. The number of hydrogen-bond donors (Lipinski definition) is 0. The first-order valence-corrected chi connectivity index (χ1v) is 8.16. The standard InChI is InChI=1S/C13H16N4O5S/c1-21-10-8-13(12(18)22-2,17(9-10)16-15-14)23(19,20)11-6-4-3-5-7-11/h3-7,10H,8-9H2,1-2H3/t10-,13+/m0/s1. The van der Waals surface area contributed by atoms with Crippen molar-refractivity contribution in [1.82, 2.24) is 5.01 Å². The van der Waals surface area contributed by atoms with Crippen molar-refractivity contribution in [2.75, 3.05) is 20.8 Å². The van der Waals surface area contributed by atoms with Crippen LogP contribution in [0.15, 0.2) is 40.5 Å². The molecular weight excluding hydrogens is 324 g/mol. The molecule has 0 spiro atoms. The van der Waals surface area contributed by atoms with E-state index < -0.39 is 26.8 Å². The van der Waals surface area contributed by atoms with Gasteiger partial charge in [-0.3, -0.25) is 0 Å². The average molecular weight is 340 g/mol. The lowest BCUT2D eigenvalue weighted by atomic mass is 10.2. The van der Waals surface area contributed by atoms with E-state index in [-0.39, 0.29) is 17.9 Å². The average Bonchev–Trinajstić information content (AvgIpc) is 2.95. The molecule has 0 amide bonds. The van der Waals surface area contributed by atoms with Crippen LogP contribution >= 0.6 is 0 Å². The Balaban J connectivity index is 2.69. The van der Waals surface area contributed by atoms with Crippen molar-refractivity contribution in [3.05, 3.63) is 40.8 Å². The number of carbonyl (C=O) groups is 1. The highest BCUT2D eigenvalue weighted by Crippen LogP contribution is 2.40. The predicted octanol–water partition coefficient (Wildman–Crippen LogP) is 1.28. The van der Waals surface area contributed by atoms with Gasteiger partial charge in [-0.15, -0.1) is 5.53 Å². The van der Waals surface area contributed by atoms with Crippen molar-refractivity contribution in [3.63, 3.8) is 0 Å². The molecule has 1 fully saturated rings. The highest BCUT2D eigenvalue weighted by atomic mass is 32.2. The van der Waals surface area contributed by atoms with Crippen molar-refractivity contribution in [1.29, 1.82) is 0 Å². The summed E-state index contributed by atoms with van der Waals surface area (Å²) in [4.78, 5) is 12.8. The summed E-state index contributed by atoms with van der Waals surface area (Å²) in [5.74, 6) is -1.02. The number of nitrogens with zero attached hydrogens (tertiary/aromatic N) is 4. The Morgan fingerprint density at radius 2 is 2.04 bits per heavy atom. The fourth-order valence-electron chi connectivity index (χ4n) is 2.63. The van der Waals surface area contributed by atoms with Crippen LogP contribution in [-0.4, -0.2) is 51.1 Å². The highest BCUT2D eigenvalue weighted by molar-refractivity contribution is 7.93. The maximum absolute atomic E-state index is 13.1. The molecule has 1 aromatic carbocycles. The van der Waals surface area contributed by atoms with Crippen LogP contribution < -0.4 is 0 Å². The van der Waals surface area contributed by atoms with Gasteiger partial charge in [-0.05, 0) is 17.4 Å². The second kappa shape index (κ2) is 6.45. The second-order valence-electron chi connectivity index (χ2n) is 4.92. The summed E-state index contributed by atoms with van der Waals surface area (Å²) in [5.41, 5.74) is 8.74. The lowest BCUT2D eigenvalue weighted by molar-refractivity contribution is -0.148. The molecule has 0 aromatic heterocycles. The van der Waals surface area contributed by atoms with Gasteiger partial charge in [-0.25, -0.2) is 18.2 Å². The predicted molar refractivity (Wildman–Crippen MR) is 79.6 cm³/mol. The van der Waals surface area contributed by atoms with Gasteiger partial charge in [-0.2, -0.15) is 4.91 Å². The Hall–Kier alpha value is -2.29. The molecule has 9 nitrogen and oxygen atoms in total. The molecule has 0 aliphatic carbocycles. The molecule has 1 aliphatic heterocycles. The number of ether oxygens (including phenoxy) is 2. The van der Waals surface area contributed by atoms with Gasteiger partial charge < -0.3 is 9.47 Å². The first-order chi connectivity index (χ1) is 10.9. The summed E-state index contributed by atoms with van der Waals surface area (Å²) >= 11 is 0. The molecule has 10 heteroatoms. The van der Waals surface area contributed by atoms with E-state index in [9.17, 15) is 13.2 Å². The third-order valence-electron chi connectivity index (χ3n) is 3.78. The maximum atomic E-state index is 13.1. The molecule has 1 heterocycles. The van der Waals surface area contributed by atoms with Gasteiger partial charge in [0.1, 0.15) is 12.6 Å². The lowest BCUT2D eigenvalue weighted by Gasteiger charge is -2.28. The van der Waals surface area contributed by atoms with Crippen molar-refractivity contribution in [2.24, 2.45) is 5.22 Å². The van der Waals surface area contributed by atoms with Gasteiger partial charge in [-0.1, -0.05) is 18.2 Å². The van der Waals surface area contributed by atoms with Crippen LogP contribution in [0.3, 0.4) is 0 Å². The number of carbonyl (C=O) groups excluding carboxylic acids is 1. The first-order valence-electron chi connectivity index (χ1n) is 6.67. The molecule has 0 radical (unpaired) electrons. The largest absolute Gasteiger partial charge is 0.465 e. The number of hydrogen-bond acceptors (Lipinski definition) is 6. The van der Waals surface area contributed by atoms with Crippen molar-refractivity contribution < 1.29 is 22.7 Å². The van der Waals surface area contributed by atoms with Gasteiger partial charge >= 0.3 is 10.8 Å². The van der Waals surface area contributed by atoms with Crippen molar-refractivity contribution >= 4 is 15.8 Å². The smallest absolute Gasteiger partial charge is 0.371 e. The monoisotopic (exact) mass is 340 g/mol. The van der Waals surface area contributed by atoms with Gasteiger partial charge in [0, 0.05) is 13.5 Å². The summed E-state index contributed by atoms with van der Waals surface area (Å²) in [6, 6.07) is 7.47. The fourth-order valence-corrected chi connectivity index (χ4v) is 4.64. The second-order valence-corrected chi connectivity index (χ2v) is 7.07. The minimum atomic E-state index is -4.22. The van der Waals surface area contributed by atoms with Gasteiger partial charge in [0.2, 0.25) is 9.84 Å². The van der Waals surface area contributed by atoms with E-state index in [1.54, 1.807) is 18.2 Å². The molecule has 124 valence electrons. The summed E-state index contributed by atoms with van der Waals surface area (Å²) in [6.07, 6.45) is -0.801. The van der Waals surface area contributed by atoms with Crippen LogP contribution in [0.5, 0.6) is 0 Å². The maximum Gasteiger partial charge on any atom is 0.371 e. The zero-order valence-electron chi connectivity index (χ0n) is 12.6. The zero-order valence-corrected chi connectivity index (χ0v) is 13.4. The van der Waals surface area contributed by atoms with E-state index in [0.717, 1.165) is 12.1 Å². The van der Waals surface area contributed by atoms with Crippen LogP contribution in [0, 0.1) is 0 Å². The van der Waals surface area contributed by atoms with Crippen LogP contribution in [-0.2, 0) is 24.1 Å². The zero-order chi connectivity index (χ0) is 17.1. The molecule has 2 atom stereocenters.